The van der Waals surface area contributed by atoms with Crippen molar-refractivity contribution in [3.63, 3.8) is 0 Å². The Morgan fingerprint density at radius 2 is 1.65 bits per heavy atom. The third kappa shape index (κ3) is 2.75. The molecule has 0 radical (unpaired) electrons. The molecule has 0 amide bonds. The molecule has 7 nitrogen and oxygen atoms in total. The first-order valence-corrected chi connectivity index (χ1v) is 8.69. The largest absolute Gasteiger partial charge is 0.458 e. The van der Waals surface area contributed by atoms with Gasteiger partial charge in [-0.15, -0.1) is 0 Å². The summed E-state index contributed by atoms with van der Waals surface area (Å²) < 4.78 is 60.4. The highest BCUT2D eigenvalue weighted by molar-refractivity contribution is 7.86. The number of aliphatic hydroxyl groups is 2. The van der Waals surface area contributed by atoms with Crippen molar-refractivity contribution in [3.05, 3.63) is 0 Å². The molecule has 2 atom stereocenters. The van der Waals surface area contributed by atoms with Gasteiger partial charge < -0.3 is 14.9 Å². The van der Waals surface area contributed by atoms with Gasteiger partial charge in [-0.1, -0.05) is 0 Å². The minimum absolute atomic E-state index is 0.00487. The average molecular weight is 356 g/mol. The summed E-state index contributed by atoms with van der Waals surface area (Å²) in [6.45, 7) is -1.80. The Morgan fingerprint density at radius 3 is 2.09 bits per heavy atom. The molecule has 3 N–H and O–H groups in total. The number of hydrogen-bond acceptors (Lipinski definition) is 6. The molecule has 0 aromatic rings. The number of carbonyl (C=O) groups excluding carboxylic acids is 1. The van der Waals surface area contributed by atoms with Crippen molar-refractivity contribution in [2.45, 2.75) is 55.0 Å². The summed E-state index contributed by atoms with van der Waals surface area (Å²) in [5.74, 6) is -1.18. The van der Waals surface area contributed by atoms with Crippen LogP contribution in [0.2, 0.25) is 0 Å². The molecule has 23 heavy (non-hydrogen) atoms. The van der Waals surface area contributed by atoms with Crippen LogP contribution < -0.4 is 0 Å². The number of ether oxygens (including phenoxy) is 1. The maximum atomic E-state index is 13.2. The zero-order valence-electron chi connectivity index (χ0n) is 12.2. The number of carbonyl (C=O) groups is 1. The second kappa shape index (κ2) is 4.62. The number of alkyl halides is 2. The molecule has 0 saturated heterocycles. The molecule has 4 saturated carbocycles. The van der Waals surface area contributed by atoms with Crippen LogP contribution in [0.1, 0.15) is 38.5 Å². The molecule has 0 heterocycles. The lowest BCUT2D eigenvalue weighted by atomic mass is 9.46. The Bertz CT molecular complexity index is 629. The Hall–Kier alpha value is -0.840. The lowest BCUT2D eigenvalue weighted by Crippen LogP contribution is -2.65. The van der Waals surface area contributed by atoms with E-state index in [1.807, 2.05) is 0 Å². The molecule has 4 rings (SSSR count). The van der Waals surface area contributed by atoms with Crippen LogP contribution in [-0.2, 0) is 19.6 Å². The number of halogens is 2. The molecule has 10 heteroatoms. The molecule has 0 spiro atoms. The Labute approximate surface area is 131 Å². The molecule has 0 aliphatic heterocycles. The van der Waals surface area contributed by atoms with E-state index in [0.29, 0.717) is 19.3 Å². The van der Waals surface area contributed by atoms with Crippen LogP contribution >= 0.6 is 0 Å². The fraction of sp³-hybridized carbons (Fsp3) is 0.923. The van der Waals surface area contributed by atoms with Gasteiger partial charge in [-0.2, -0.15) is 17.2 Å². The third-order valence-electron chi connectivity index (χ3n) is 5.19. The molecular weight excluding hydrogens is 338 g/mol. The summed E-state index contributed by atoms with van der Waals surface area (Å²) in [5, 5.41) is 16.4. The fourth-order valence-electron chi connectivity index (χ4n) is 4.94. The van der Waals surface area contributed by atoms with Gasteiger partial charge in [-0.25, -0.2) is 0 Å². The van der Waals surface area contributed by atoms with Crippen molar-refractivity contribution in [1.29, 1.82) is 0 Å². The summed E-state index contributed by atoms with van der Waals surface area (Å²) in [7, 11) is -5.69. The SMILES string of the molecule is O=C(OCC(F)(F)S(=O)(=O)O)C12CC3CC(O)(CC(O)(C3)C1)C2. The second-order valence-electron chi connectivity index (χ2n) is 7.43. The predicted octanol–water partition coefficient (Wildman–Crippen LogP) is 0.456. The number of hydrogen-bond donors (Lipinski definition) is 3. The summed E-state index contributed by atoms with van der Waals surface area (Å²) in [4.78, 5) is 12.3. The van der Waals surface area contributed by atoms with E-state index >= 15 is 0 Å². The van der Waals surface area contributed by atoms with Crippen molar-refractivity contribution in [1.82, 2.24) is 0 Å². The van der Waals surface area contributed by atoms with Gasteiger partial charge in [0.1, 0.15) is 0 Å². The smallest absolute Gasteiger partial charge is 0.402 e. The predicted molar refractivity (Wildman–Crippen MR) is 71.0 cm³/mol. The first-order chi connectivity index (χ1) is 10.3. The van der Waals surface area contributed by atoms with Gasteiger partial charge in [0.25, 0.3) is 0 Å². The van der Waals surface area contributed by atoms with Crippen LogP contribution in [0.3, 0.4) is 0 Å². The van der Waals surface area contributed by atoms with Gasteiger partial charge in [-0.05, 0) is 38.0 Å². The van der Waals surface area contributed by atoms with Gasteiger partial charge in [0, 0.05) is 6.42 Å². The molecule has 0 aromatic carbocycles. The second-order valence-corrected chi connectivity index (χ2v) is 8.97. The molecule has 4 bridgehead atoms. The van der Waals surface area contributed by atoms with Crippen molar-refractivity contribution in [3.8, 4) is 0 Å². The number of esters is 1. The van der Waals surface area contributed by atoms with E-state index in [2.05, 4.69) is 4.74 Å². The van der Waals surface area contributed by atoms with Crippen LogP contribution in [0.5, 0.6) is 0 Å². The summed E-state index contributed by atoms with van der Waals surface area (Å²) in [5.41, 5.74) is -3.77. The highest BCUT2D eigenvalue weighted by Crippen LogP contribution is 2.63. The first-order valence-electron chi connectivity index (χ1n) is 7.25. The van der Waals surface area contributed by atoms with E-state index in [9.17, 15) is 32.2 Å². The molecular formula is C13H18F2O7S. The maximum absolute atomic E-state index is 13.2. The normalized spacial score (nSPS) is 42.7. The molecule has 0 aromatic heterocycles. The van der Waals surface area contributed by atoms with Crippen LogP contribution in [0.25, 0.3) is 0 Å². The van der Waals surface area contributed by atoms with Crippen LogP contribution in [-0.4, -0.2) is 52.2 Å². The average Bonchev–Trinajstić information content (AvgIpc) is 2.29. The molecule has 4 aliphatic carbocycles. The third-order valence-corrected chi connectivity index (χ3v) is 6.06. The highest BCUT2D eigenvalue weighted by atomic mass is 32.2. The minimum atomic E-state index is -5.69. The Balaban J connectivity index is 1.78. The van der Waals surface area contributed by atoms with Gasteiger partial charge in [-0.3, -0.25) is 9.35 Å². The summed E-state index contributed by atoms with van der Waals surface area (Å²) in [6.07, 6.45) is 1.29. The number of rotatable bonds is 4. The topological polar surface area (TPSA) is 121 Å². The monoisotopic (exact) mass is 356 g/mol. The van der Waals surface area contributed by atoms with Crippen LogP contribution in [0.15, 0.2) is 0 Å². The van der Waals surface area contributed by atoms with E-state index < -0.39 is 44.6 Å². The van der Waals surface area contributed by atoms with E-state index in [1.165, 1.54) is 0 Å². The minimum Gasteiger partial charge on any atom is -0.458 e. The first kappa shape index (κ1) is 17.0. The maximum Gasteiger partial charge on any atom is 0.402 e. The van der Waals surface area contributed by atoms with Gasteiger partial charge >= 0.3 is 21.3 Å². The lowest BCUT2D eigenvalue weighted by molar-refractivity contribution is -0.238. The van der Waals surface area contributed by atoms with Gasteiger partial charge in [0.2, 0.25) is 0 Å². The molecule has 4 fully saturated rings. The van der Waals surface area contributed by atoms with E-state index in [1.54, 1.807) is 0 Å². The Kier molecular flexibility index (Phi) is 3.41. The molecule has 132 valence electrons. The molecule has 4 aliphatic rings. The zero-order chi connectivity index (χ0) is 17.3. The van der Waals surface area contributed by atoms with Crippen LogP contribution in [0.4, 0.5) is 8.78 Å². The quantitative estimate of drug-likeness (QED) is 0.494. The summed E-state index contributed by atoms with van der Waals surface area (Å²) in [6, 6.07) is 0. The fourth-order valence-corrected chi connectivity index (χ4v) is 5.15. The Morgan fingerprint density at radius 1 is 1.13 bits per heavy atom. The van der Waals surface area contributed by atoms with Crippen LogP contribution in [0, 0.1) is 11.3 Å². The van der Waals surface area contributed by atoms with E-state index in [4.69, 9.17) is 4.55 Å². The zero-order valence-corrected chi connectivity index (χ0v) is 13.0. The van der Waals surface area contributed by atoms with Crippen molar-refractivity contribution >= 4 is 16.1 Å². The lowest BCUT2D eigenvalue weighted by Gasteiger charge is -2.61. The highest BCUT2D eigenvalue weighted by Gasteiger charge is 2.66. The standard InChI is InChI=1S/C13H18F2O7S/c14-13(15,23(19,20)21)7-22-9(16)10-1-8-2-11(17,4-10)6-12(18,3-8)5-10/h8,17-18H,1-7H2,(H,19,20,21). The van der Waals surface area contributed by atoms with E-state index in [0.717, 1.165) is 0 Å². The van der Waals surface area contributed by atoms with E-state index in [-0.39, 0.29) is 25.2 Å². The van der Waals surface area contributed by atoms with Crippen molar-refractivity contribution in [2.75, 3.05) is 6.61 Å². The van der Waals surface area contributed by atoms with Gasteiger partial charge in [0.15, 0.2) is 6.61 Å². The van der Waals surface area contributed by atoms with Gasteiger partial charge in [0.05, 0.1) is 16.6 Å². The van der Waals surface area contributed by atoms with Crippen molar-refractivity contribution < 1.29 is 41.5 Å². The summed E-state index contributed by atoms with van der Waals surface area (Å²) >= 11 is 0. The van der Waals surface area contributed by atoms with Crippen molar-refractivity contribution in [2.24, 2.45) is 11.3 Å². The molecule has 2 unspecified atom stereocenters.